The van der Waals surface area contributed by atoms with E-state index in [-0.39, 0.29) is 34.8 Å². The molecule has 0 aromatic heterocycles. The summed E-state index contributed by atoms with van der Waals surface area (Å²) in [6, 6.07) is 8.06. The number of halogens is 4. The molecule has 0 spiro atoms. The number of fused-ring (bicyclic) bond motifs is 2. The second-order valence-corrected chi connectivity index (χ2v) is 10.9. The highest BCUT2D eigenvalue weighted by Crippen LogP contribution is 2.53. The van der Waals surface area contributed by atoms with Crippen molar-refractivity contribution in [1.29, 1.82) is 0 Å². The molecule has 0 radical (unpaired) electrons. The van der Waals surface area contributed by atoms with Gasteiger partial charge in [0.25, 0.3) is 0 Å². The van der Waals surface area contributed by atoms with Crippen LogP contribution in [-0.4, -0.2) is 36.0 Å². The van der Waals surface area contributed by atoms with Crippen LogP contribution in [0.4, 0.5) is 17.6 Å². The van der Waals surface area contributed by atoms with Crippen LogP contribution >= 0.6 is 0 Å². The lowest BCUT2D eigenvalue weighted by atomic mass is 9.76. The Labute approximate surface area is 226 Å². The van der Waals surface area contributed by atoms with E-state index in [1.165, 1.54) is 24.3 Å². The Morgan fingerprint density at radius 2 is 1.77 bits per heavy atom. The normalized spacial score (nSPS) is 27.3. The fourth-order valence-corrected chi connectivity index (χ4v) is 6.18. The van der Waals surface area contributed by atoms with Gasteiger partial charge in [-0.25, -0.2) is 0 Å². The van der Waals surface area contributed by atoms with Gasteiger partial charge >= 0.3 is 18.9 Å². The minimum Gasteiger partial charge on any atom is -0.490 e. The number of alkyl halides is 4. The molecule has 2 aliphatic heterocycles. The van der Waals surface area contributed by atoms with Crippen molar-refractivity contribution in [3.8, 4) is 23.0 Å². The largest absolute Gasteiger partial charge is 0.586 e. The van der Waals surface area contributed by atoms with Crippen LogP contribution in [0.5, 0.6) is 23.0 Å². The summed E-state index contributed by atoms with van der Waals surface area (Å²) in [5.74, 6) is -1.85. The smallest absolute Gasteiger partial charge is 0.490 e. The van der Waals surface area contributed by atoms with Crippen molar-refractivity contribution >= 4 is 11.9 Å². The van der Waals surface area contributed by atoms with Crippen LogP contribution in [0, 0.1) is 11.8 Å². The molecule has 2 aromatic rings. The van der Waals surface area contributed by atoms with E-state index in [9.17, 15) is 32.3 Å². The molecule has 6 rings (SSSR count). The minimum atomic E-state index is -3.77. The van der Waals surface area contributed by atoms with Gasteiger partial charge < -0.3 is 29.4 Å². The van der Waals surface area contributed by atoms with Gasteiger partial charge in [0.15, 0.2) is 11.5 Å². The lowest BCUT2D eigenvalue weighted by molar-refractivity contribution is -0.286. The number of hydrogen-bond acceptors (Lipinski definition) is 6. The average Bonchev–Trinajstić information content (AvgIpc) is 3.65. The number of carboxylic acid groups (broad SMARTS) is 1. The molecule has 2 fully saturated rings. The predicted octanol–water partition coefficient (Wildman–Crippen LogP) is 5.54. The van der Waals surface area contributed by atoms with E-state index in [0.29, 0.717) is 49.7 Å². The summed E-state index contributed by atoms with van der Waals surface area (Å²) in [5, 5.41) is 12.6. The highest BCUT2D eigenvalue weighted by molar-refractivity contribution is 5.92. The van der Waals surface area contributed by atoms with Gasteiger partial charge in [0, 0.05) is 18.1 Å². The summed E-state index contributed by atoms with van der Waals surface area (Å²) >= 11 is 0. The molecule has 8 nitrogen and oxygen atoms in total. The van der Waals surface area contributed by atoms with Gasteiger partial charge in [0.05, 0.1) is 17.4 Å². The van der Waals surface area contributed by atoms with Gasteiger partial charge in [-0.15, -0.1) is 8.78 Å². The summed E-state index contributed by atoms with van der Waals surface area (Å²) in [6.45, 7) is -3.03. The van der Waals surface area contributed by atoms with Crippen LogP contribution in [0.2, 0.25) is 0 Å². The first-order chi connectivity index (χ1) is 19.0. The molecular formula is C28H27F4NO7. The number of aliphatic carboxylic acids is 1. The number of carbonyl (C=O) groups excluding carboxylic acids is 1. The summed E-state index contributed by atoms with van der Waals surface area (Å²) in [4.78, 5) is 25.3. The fourth-order valence-electron chi connectivity index (χ4n) is 6.18. The summed E-state index contributed by atoms with van der Waals surface area (Å²) in [7, 11) is 0. The first-order valence-electron chi connectivity index (χ1n) is 13.2. The summed E-state index contributed by atoms with van der Waals surface area (Å²) in [5.41, 5.74) is 0.159. The average molecular weight is 566 g/mol. The number of hydrogen-bond donors (Lipinski definition) is 2. The van der Waals surface area contributed by atoms with E-state index in [2.05, 4.69) is 19.5 Å². The number of amides is 1. The SMILES string of the molecule is O=C(O)C1CCCC([C@H]2C[C@@H](NC(=O)C3(c4ccc5c(c4)OC(F)(F)O5)CC3)c3ccc(OC(F)F)cc3O2)C1. The van der Waals surface area contributed by atoms with Crippen molar-refractivity contribution < 1.29 is 51.2 Å². The molecule has 2 aromatic carbocycles. The van der Waals surface area contributed by atoms with Crippen LogP contribution in [0.1, 0.15) is 62.1 Å². The maximum absolute atomic E-state index is 13.7. The monoisotopic (exact) mass is 565 g/mol. The second kappa shape index (κ2) is 9.74. The molecule has 4 atom stereocenters. The Morgan fingerprint density at radius 1 is 1.00 bits per heavy atom. The van der Waals surface area contributed by atoms with Crippen molar-refractivity contribution in [2.75, 3.05) is 0 Å². The topological polar surface area (TPSA) is 103 Å². The third kappa shape index (κ3) is 4.99. The van der Waals surface area contributed by atoms with Gasteiger partial charge in [0.1, 0.15) is 17.6 Å². The number of rotatable bonds is 7. The number of benzene rings is 2. The van der Waals surface area contributed by atoms with Gasteiger partial charge in [-0.05, 0) is 67.9 Å². The van der Waals surface area contributed by atoms with Crippen LogP contribution in [0.25, 0.3) is 0 Å². The van der Waals surface area contributed by atoms with Crippen molar-refractivity contribution in [2.24, 2.45) is 11.8 Å². The molecule has 214 valence electrons. The zero-order valence-electron chi connectivity index (χ0n) is 21.2. The Kier molecular flexibility index (Phi) is 6.46. The zero-order valence-corrected chi connectivity index (χ0v) is 21.2. The van der Waals surface area contributed by atoms with E-state index >= 15 is 0 Å². The summed E-state index contributed by atoms with van der Waals surface area (Å²) < 4.78 is 72.6. The van der Waals surface area contributed by atoms with E-state index in [0.717, 1.165) is 6.42 Å². The lowest BCUT2D eigenvalue weighted by Gasteiger charge is -2.39. The number of carboxylic acids is 1. The molecular weight excluding hydrogens is 538 g/mol. The van der Waals surface area contributed by atoms with Gasteiger partial charge in [-0.3, -0.25) is 9.59 Å². The summed E-state index contributed by atoms with van der Waals surface area (Å²) in [6.07, 6.45) is -0.432. The Bertz CT molecular complexity index is 1330. The molecule has 2 unspecified atom stereocenters. The van der Waals surface area contributed by atoms with Crippen LogP contribution in [0.3, 0.4) is 0 Å². The molecule has 1 amide bonds. The lowest BCUT2D eigenvalue weighted by Crippen LogP contribution is -2.44. The number of nitrogens with one attached hydrogen (secondary N) is 1. The highest BCUT2D eigenvalue weighted by Gasteiger charge is 2.53. The Balaban J connectivity index is 1.26. The standard InChI is InChI=1S/C28H27F4NO7/c29-26(30)37-17-5-6-18-19(13-21(38-22(18)12-17)14-2-1-3-15(10-14)24(34)35)33-25(36)27(8-9-27)16-4-7-20-23(11-16)40-28(31,32)39-20/h4-7,11-12,14-15,19,21,26H,1-3,8-10,13H2,(H,33,36)(H,34,35)/t14?,15?,19-,21-/m1/s1. The van der Waals surface area contributed by atoms with Crippen LogP contribution in [0.15, 0.2) is 36.4 Å². The quantitative estimate of drug-likeness (QED) is 0.425. The number of carbonyl (C=O) groups is 2. The molecule has 2 saturated carbocycles. The molecule has 4 aliphatic rings. The Morgan fingerprint density at radius 3 is 2.50 bits per heavy atom. The van der Waals surface area contributed by atoms with E-state index in [1.54, 1.807) is 12.1 Å². The third-order valence-corrected chi connectivity index (χ3v) is 8.37. The van der Waals surface area contributed by atoms with Crippen molar-refractivity contribution in [3.05, 3.63) is 47.5 Å². The fraction of sp³-hybridized carbons (Fsp3) is 0.500. The predicted molar refractivity (Wildman–Crippen MR) is 130 cm³/mol. The third-order valence-electron chi connectivity index (χ3n) is 8.37. The van der Waals surface area contributed by atoms with Gasteiger partial charge in [0.2, 0.25) is 5.91 Å². The van der Waals surface area contributed by atoms with Gasteiger partial charge in [-0.1, -0.05) is 12.5 Å². The maximum atomic E-state index is 13.7. The second-order valence-electron chi connectivity index (χ2n) is 10.9. The molecule has 2 aliphatic carbocycles. The van der Waals surface area contributed by atoms with Crippen molar-refractivity contribution in [1.82, 2.24) is 5.32 Å². The van der Waals surface area contributed by atoms with E-state index in [1.807, 2.05) is 0 Å². The molecule has 2 heterocycles. The first-order valence-corrected chi connectivity index (χ1v) is 13.2. The molecule has 0 bridgehead atoms. The maximum Gasteiger partial charge on any atom is 0.586 e. The van der Waals surface area contributed by atoms with E-state index in [4.69, 9.17) is 4.74 Å². The minimum absolute atomic E-state index is 0.0950. The Hall–Kier alpha value is -3.70. The zero-order chi connectivity index (χ0) is 28.2. The highest BCUT2D eigenvalue weighted by atomic mass is 19.3. The molecule has 2 N–H and O–H groups in total. The van der Waals surface area contributed by atoms with Crippen molar-refractivity contribution in [2.45, 2.75) is 75.4 Å². The van der Waals surface area contributed by atoms with Crippen LogP contribution in [-0.2, 0) is 15.0 Å². The number of ether oxygens (including phenoxy) is 4. The van der Waals surface area contributed by atoms with Crippen molar-refractivity contribution in [3.63, 3.8) is 0 Å². The first kappa shape index (κ1) is 26.5. The van der Waals surface area contributed by atoms with Gasteiger partial charge in [-0.2, -0.15) is 8.78 Å². The molecule has 40 heavy (non-hydrogen) atoms. The molecule has 0 saturated heterocycles. The van der Waals surface area contributed by atoms with Crippen LogP contribution < -0.4 is 24.3 Å². The van der Waals surface area contributed by atoms with E-state index < -0.39 is 42.4 Å². The molecule has 12 heteroatoms.